The van der Waals surface area contributed by atoms with Gasteiger partial charge >= 0.3 is 0 Å². The summed E-state index contributed by atoms with van der Waals surface area (Å²) in [7, 11) is -6.10. The first-order valence-corrected chi connectivity index (χ1v) is 14.2. The Labute approximate surface area is 195 Å². The molecule has 0 saturated carbocycles. The van der Waals surface area contributed by atoms with Crippen LogP contribution >= 0.6 is 0 Å². The number of hydrogen-bond acceptors (Lipinski definition) is 7. The Bertz CT molecular complexity index is 1260. The van der Waals surface area contributed by atoms with Gasteiger partial charge in [0, 0.05) is 32.2 Å². The Balaban J connectivity index is 1.62. The van der Waals surface area contributed by atoms with Gasteiger partial charge in [-0.25, -0.2) is 21.2 Å². The first kappa shape index (κ1) is 24.0. The molecule has 2 atom stereocenters. The smallest absolute Gasteiger partial charge is 0.187 e. The number of sulfone groups is 2. The largest absolute Gasteiger partial charge is 0.495 e. The van der Waals surface area contributed by atoms with Crippen molar-refractivity contribution in [3.05, 3.63) is 53.3 Å². The highest BCUT2D eigenvalue weighted by Crippen LogP contribution is 2.35. The molecule has 2 saturated heterocycles. The fraction of sp³-hybridized carbons (Fsp3) is 0.478. The van der Waals surface area contributed by atoms with Gasteiger partial charge in [0.2, 0.25) is 0 Å². The molecule has 0 amide bonds. The first-order valence-electron chi connectivity index (χ1n) is 10.9. The van der Waals surface area contributed by atoms with E-state index in [2.05, 4.69) is 0 Å². The number of anilines is 1. The zero-order valence-electron chi connectivity index (χ0n) is 19.0. The molecule has 2 aromatic carbocycles. The van der Waals surface area contributed by atoms with Gasteiger partial charge in [-0.3, -0.25) is 4.90 Å². The van der Waals surface area contributed by atoms with E-state index in [4.69, 9.17) is 4.74 Å². The van der Waals surface area contributed by atoms with E-state index in [0.29, 0.717) is 31.9 Å². The molecule has 7 nitrogen and oxygen atoms in total. The summed E-state index contributed by atoms with van der Waals surface area (Å²) in [6, 6.07) is 9.11. The van der Waals surface area contributed by atoms with Gasteiger partial charge in [-0.15, -0.1) is 0 Å². The molecule has 10 heteroatoms. The molecule has 0 unspecified atom stereocenters. The summed E-state index contributed by atoms with van der Waals surface area (Å²) in [5.41, 5.74) is 2.19. The van der Waals surface area contributed by atoms with Gasteiger partial charge < -0.3 is 9.64 Å². The third-order valence-electron chi connectivity index (χ3n) is 6.73. The minimum absolute atomic E-state index is 0.0326. The standard InChI is InChI=1S/C23H29FN2O5S2/c1-16-12-21(31-3)22(13-17(16)2)33(29,30)23-15-32(27,28)14-20(23)26-10-8-25(9-11-26)19-7-5-4-6-18(19)24/h4-7,12-13,20,23H,8-11,14-15H2,1-3H3/t20-,23-/m0/s1. The van der Waals surface area contributed by atoms with E-state index in [9.17, 15) is 21.2 Å². The molecular formula is C23H29FN2O5S2. The Kier molecular flexibility index (Phi) is 6.45. The molecule has 0 aromatic heterocycles. The van der Waals surface area contributed by atoms with Crippen LogP contribution < -0.4 is 9.64 Å². The second-order valence-electron chi connectivity index (χ2n) is 8.79. The van der Waals surface area contributed by atoms with Crippen molar-refractivity contribution in [1.82, 2.24) is 4.90 Å². The van der Waals surface area contributed by atoms with Crippen LogP contribution in [0.15, 0.2) is 41.3 Å². The number of nitrogens with zero attached hydrogens (tertiary/aromatic N) is 2. The summed E-state index contributed by atoms with van der Waals surface area (Å²) in [5.74, 6) is -0.699. The zero-order valence-corrected chi connectivity index (χ0v) is 20.6. The van der Waals surface area contributed by atoms with Gasteiger partial charge in [0.1, 0.15) is 16.5 Å². The van der Waals surface area contributed by atoms with Crippen LogP contribution in [0.3, 0.4) is 0 Å². The summed E-state index contributed by atoms with van der Waals surface area (Å²) in [6.45, 7) is 5.55. The van der Waals surface area contributed by atoms with Crippen LogP contribution in [0, 0.1) is 19.7 Å². The van der Waals surface area contributed by atoms with E-state index < -0.39 is 36.7 Å². The maximum absolute atomic E-state index is 14.2. The molecule has 0 radical (unpaired) electrons. The van der Waals surface area contributed by atoms with Crippen molar-refractivity contribution in [3.63, 3.8) is 0 Å². The molecule has 0 N–H and O–H groups in total. The normalized spacial score (nSPS) is 23.6. The van der Waals surface area contributed by atoms with Gasteiger partial charge in [-0.05, 0) is 49.2 Å². The molecular weight excluding hydrogens is 467 g/mol. The third kappa shape index (κ3) is 4.61. The maximum Gasteiger partial charge on any atom is 0.187 e. The number of ether oxygens (including phenoxy) is 1. The molecule has 2 aliphatic rings. The van der Waals surface area contributed by atoms with Crippen molar-refractivity contribution in [2.75, 3.05) is 49.7 Å². The lowest BCUT2D eigenvalue weighted by Crippen LogP contribution is -2.55. The van der Waals surface area contributed by atoms with E-state index in [1.807, 2.05) is 23.6 Å². The quantitative estimate of drug-likeness (QED) is 0.628. The predicted molar refractivity (Wildman–Crippen MR) is 126 cm³/mol. The minimum atomic E-state index is -3.98. The second kappa shape index (κ2) is 8.88. The van der Waals surface area contributed by atoms with Crippen molar-refractivity contribution in [3.8, 4) is 5.75 Å². The predicted octanol–water partition coefficient (Wildman–Crippen LogP) is 2.21. The molecule has 2 aliphatic heterocycles. The first-order chi connectivity index (χ1) is 15.5. The van der Waals surface area contributed by atoms with E-state index >= 15 is 0 Å². The van der Waals surface area contributed by atoms with E-state index in [1.54, 1.807) is 30.3 Å². The molecule has 180 valence electrons. The highest BCUT2D eigenvalue weighted by molar-refractivity contribution is 7.96. The van der Waals surface area contributed by atoms with Crippen molar-refractivity contribution < 1.29 is 26.0 Å². The highest BCUT2D eigenvalue weighted by atomic mass is 32.2. The fourth-order valence-electron chi connectivity index (χ4n) is 4.74. The van der Waals surface area contributed by atoms with Gasteiger partial charge in [0.15, 0.2) is 19.7 Å². The molecule has 33 heavy (non-hydrogen) atoms. The van der Waals surface area contributed by atoms with Crippen LogP contribution in [-0.2, 0) is 19.7 Å². The minimum Gasteiger partial charge on any atom is -0.495 e. The van der Waals surface area contributed by atoms with E-state index in [-0.39, 0.29) is 22.2 Å². The van der Waals surface area contributed by atoms with Gasteiger partial charge in [0.25, 0.3) is 0 Å². The Hall–Kier alpha value is -2.17. The average molecular weight is 497 g/mol. The summed E-state index contributed by atoms with van der Waals surface area (Å²) in [6.07, 6.45) is 0. The number of para-hydroxylation sites is 1. The second-order valence-corrected chi connectivity index (χ2v) is 13.1. The lowest BCUT2D eigenvalue weighted by molar-refractivity contribution is 0.201. The van der Waals surface area contributed by atoms with E-state index in [1.165, 1.54) is 13.2 Å². The SMILES string of the molecule is COc1cc(C)c(C)cc1S(=O)(=O)[C@H]1CS(=O)(=O)C[C@@H]1N1CCN(c2ccccc2F)CC1. The topological polar surface area (TPSA) is 84.0 Å². The fourth-order valence-corrected chi connectivity index (χ4v) is 9.80. The monoisotopic (exact) mass is 496 g/mol. The molecule has 0 bridgehead atoms. The zero-order chi connectivity index (χ0) is 24.0. The molecule has 0 aliphatic carbocycles. The van der Waals surface area contributed by atoms with Crippen molar-refractivity contribution in [1.29, 1.82) is 0 Å². The van der Waals surface area contributed by atoms with Crippen molar-refractivity contribution in [2.24, 2.45) is 0 Å². The molecule has 2 aromatic rings. The number of methoxy groups -OCH3 is 1. The molecule has 0 spiro atoms. The number of hydrogen-bond donors (Lipinski definition) is 0. The summed E-state index contributed by atoms with van der Waals surface area (Å²) in [4.78, 5) is 3.87. The Morgan fingerprint density at radius 1 is 1.00 bits per heavy atom. The number of piperazine rings is 1. The molecule has 2 fully saturated rings. The van der Waals surface area contributed by atoms with Crippen LogP contribution in [0.4, 0.5) is 10.1 Å². The van der Waals surface area contributed by atoms with Crippen LogP contribution in [0.2, 0.25) is 0 Å². The van der Waals surface area contributed by atoms with E-state index in [0.717, 1.165) is 11.1 Å². The number of aryl methyl sites for hydroxylation is 2. The lowest BCUT2D eigenvalue weighted by atomic mass is 10.1. The Morgan fingerprint density at radius 2 is 1.64 bits per heavy atom. The number of benzene rings is 2. The van der Waals surface area contributed by atoms with Gasteiger partial charge in [-0.1, -0.05) is 12.1 Å². The van der Waals surface area contributed by atoms with Crippen LogP contribution in [0.5, 0.6) is 5.75 Å². The summed E-state index contributed by atoms with van der Waals surface area (Å²) >= 11 is 0. The number of rotatable bonds is 5. The third-order valence-corrected chi connectivity index (χ3v) is 10.9. The average Bonchev–Trinajstić information content (AvgIpc) is 3.12. The number of halogens is 1. The van der Waals surface area contributed by atoms with Crippen molar-refractivity contribution in [2.45, 2.75) is 30.0 Å². The van der Waals surface area contributed by atoms with Crippen LogP contribution in [-0.4, -0.2) is 77.8 Å². The van der Waals surface area contributed by atoms with Gasteiger partial charge in [-0.2, -0.15) is 0 Å². The van der Waals surface area contributed by atoms with Gasteiger partial charge in [0.05, 0.1) is 29.6 Å². The maximum atomic E-state index is 14.2. The highest BCUT2D eigenvalue weighted by Gasteiger charge is 2.49. The Morgan fingerprint density at radius 3 is 2.27 bits per heavy atom. The lowest BCUT2D eigenvalue weighted by Gasteiger charge is -2.40. The summed E-state index contributed by atoms with van der Waals surface area (Å²) in [5, 5.41) is -1.08. The molecule has 4 rings (SSSR count). The van der Waals surface area contributed by atoms with Crippen LogP contribution in [0.1, 0.15) is 11.1 Å². The van der Waals surface area contributed by atoms with Crippen molar-refractivity contribution >= 4 is 25.4 Å². The van der Waals surface area contributed by atoms with Crippen LogP contribution in [0.25, 0.3) is 0 Å². The summed E-state index contributed by atoms with van der Waals surface area (Å²) < 4.78 is 72.2. The molecule has 2 heterocycles.